The molecule has 0 aliphatic carbocycles. The molecule has 0 saturated carbocycles. The third-order valence-corrected chi connectivity index (χ3v) is 4.16. The molecule has 0 saturated heterocycles. The molecule has 6 heteroatoms. The van der Waals surface area contributed by atoms with Gasteiger partial charge in [-0.2, -0.15) is 0 Å². The largest absolute Gasteiger partial charge is 0.494 e. The first-order chi connectivity index (χ1) is 12.1. The van der Waals surface area contributed by atoms with Crippen LogP contribution in [-0.4, -0.2) is 36.4 Å². The van der Waals surface area contributed by atoms with Crippen LogP contribution in [-0.2, 0) is 0 Å². The van der Waals surface area contributed by atoms with Gasteiger partial charge >= 0.3 is 0 Å². The van der Waals surface area contributed by atoms with Crippen molar-refractivity contribution in [1.29, 1.82) is 0 Å². The van der Waals surface area contributed by atoms with E-state index in [2.05, 4.69) is 55.3 Å². The third-order valence-electron chi connectivity index (χ3n) is 3.71. The lowest BCUT2D eigenvalue weighted by Gasteiger charge is -2.11. The Morgan fingerprint density at radius 3 is 2.80 bits per heavy atom. The maximum absolute atomic E-state index is 5.42. The van der Waals surface area contributed by atoms with Gasteiger partial charge in [-0.25, -0.2) is 9.97 Å². The Balaban J connectivity index is 2.29. The fourth-order valence-electron chi connectivity index (χ4n) is 2.35. The van der Waals surface area contributed by atoms with Crippen LogP contribution in [0.1, 0.15) is 20.3 Å². The van der Waals surface area contributed by atoms with E-state index in [0.717, 1.165) is 33.3 Å². The molecule has 0 amide bonds. The Labute approximate surface area is 157 Å². The molecule has 1 aromatic carbocycles. The minimum Gasteiger partial charge on any atom is -0.494 e. The Morgan fingerprint density at radius 2 is 2.12 bits per heavy atom. The Hall–Kier alpha value is -2.21. The highest BCUT2D eigenvalue weighted by atomic mass is 79.9. The Morgan fingerprint density at radius 1 is 1.32 bits per heavy atom. The summed E-state index contributed by atoms with van der Waals surface area (Å²) < 4.78 is 6.35. The van der Waals surface area contributed by atoms with Crippen LogP contribution in [0.3, 0.4) is 0 Å². The van der Waals surface area contributed by atoms with Gasteiger partial charge in [-0.15, -0.1) is 0 Å². The summed E-state index contributed by atoms with van der Waals surface area (Å²) in [5.74, 6) is 1.50. The maximum atomic E-state index is 5.42. The average molecular weight is 403 g/mol. The number of ether oxygens (including phenoxy) is 1. The summed E-state index contributed by atoms with van der Waals surface area (Å²) >= 11 is 3.51. The van der Waals surface area contributed by atoms with Crippen molar-refractivity contribution >= 4 is 38.4 Å². The summed E-state index contributed by atoms with van der Waals surface area (Å²) in [6.07, 6.45) is 8.80. The molecule has 0 spiro atoms. The molecule has 1 heterocycles. The Bertz CT molecular complexity index is 828. The fourth-order valence-corrected chi connectivity index (χ4v) is 2.78. The van der Waals surface area contributed by atoms with Gasteiger partial charge in [0.05, 0.1) is 7.11 Å². The van der Waals surface area contributed by atoms with Gasteiger partial charge in [-0.1, -0.05) is 35.0 Å². The van der Waals surface area contributed by atoms with E-state index in [1.807, 2.05) is 25.1 Å². The average Bonchev–Trinajstić information content (AvgIpc) is 2.62. The summed E-state index contributed by atoms with van der Waals surface area (Å²) in [6, 6.07) is 3.89. The highest BCUT2D eigenvalue weighted by Gasteiger charge is 2.10. The first kappa shape index (κ1) is 19.1. The summed E-state index contributed by atoms with van der Waals surface area (Å²) in [5, 5.41) is 4.32. The minimum atomic E-state index is 0.669. The van der Waals surface area contributed by atoms with E-state index in [1.165, 1.54) is 5.57 Å². The molecule has 1 aromatic heterocycles. The maximum Gasteiger partial charge on any atom is 0.146 e. The molecule has 0 unspecified atom stereocenters. The molecule has 0 radical (unpaired) electrons. The van der Waals surface area contributed by atoms with Crippen molar-refractivity contribution < 1.29 is 4.74 Å². The second kappa shape index (κ2) is 9.32. The normalized spacial score (nSPS) is 12.8. The minimum absolute atomic E-state index is 0.669. The predicted molar refractivity (Wildman–Crippen MR) is 109 cm³/mol. The van der Waals surface area contributed by atoms with E-state index in [0.29, 0.717) is 12.3 Å². The van der Waals surface area contributed by atoms with Crippen molar-refractivity contribution in [3.8, 4) is 5.75 Å². The summed E-state index contributed by atoms with van der Waals surface area (Å²) in [5.41, 5.74) is 2.95. The number of halogens is 1. The van der Waals surface area contributed by atoms with Gasteiger partial charge in [-0.05, 0) is 37.1 Å². The number of allylic oxidation sites excluding steroid dienone is 2. The van der Waals surface area contributed by atoms with Gasteiger partial charge in [0.25, 0.3) is 0 Å². The van der Waals surface area contributed by atoms with Gasteiger partial charge in [0.2, 0.25) is 0 Å². The van der Waals surface area contributed by atoms with Crippen molar-refractivity contribution in [1.82, 2.24) is 9.97 Å². The van der Waals surface area contributed by atoms with Crippen molar-refractivity contribution in [2.24, 2.45) is 4.99 Å². The third kappa shape index (κ3) is 5.13. The lowest BCUT2D eigenvalue weighted by Crippen LogP contribution is -2.06. The van der Waals surface area contributed by atoms with E-state index in [9.17, 15) is 0 Å². The molecule has 0 atom stereocenters. The van der Waals surface area contributed by atoms with Crippen LogP contribution >= 0.6 is 15.9 Å². The first-order valence-electron chi connectivity index (χ1n) is 8.11. The highest BCUT2D eigenvalue weighted by Crippen LogP contribution is 2.31. The molecular formula is C19H23BrN4O. The molecule has 2 rings (SSSR count). The Kier molecular flexibility index (Phi) is 7.13. The second-order valence-corrected chi connectivity index (χ2v) is 6.38. The quantitative estimate of drug-likeness (QED) is 0.533. The summed E-state index contributed by atoms with van der Waals surface area (Å²) in [4.78, 5) is 12.9. The van der Waals surface area contributed by atoms with Crippen LogP contribution in [0, 0.1) is 0 Å². The van der Waals surface area contributed by atoms with Crippen molar-refractivity contribution in [2.45, 2.75) is 20.3 Å². The van der Waals surface area contributed by atoms with Gasteiger partial charge in [0, 0.05) is 29.2 Å². The fraction of sp³-hybridized carbons (Fsp3) is 0.316. The molecule has 0 fully saturated rings. The standard InChI is InChI=1S/C19H23BrN4O/c1-5-6-14(8-7-13(2)21-3)11-22-19-16-9-15(20)10-17(25-4)18(16)23-12-24-19/h6-10,12H,5,11H2,1-4H3,(H,22,23,24)/b8-7-,14-6-,21-13?. The van der Waals surface area contributed by atoms with Gasteiger partial charge < -0.3 is 10.1 Å². The van der Waals surface area contributed by atoms with Crippen LogP contribution in [0.25, 0.3) is 10.9 Å². The van der Waals surface area contributed by atoms with Crippen LogP contribution in [0.15, 0.2) is 51.7 Å². The monoisotopic (exact) mass is 402 g/mol. The number of fused-ring (bicyclic) bond motifs is 1. The van der Waals surface area contributed by atoms with E-state index in [1.54, 1.807) is 20.5 Å². The van der Waals surface area contributed by atoms with Gasteiger partial charge in [0.1, 0.15) is 23.4 Å². The number of nitrogens with zero attached hydrogens (tertiary/aromatic N) is 3. The van der Waals surface area contributed by atoms with E-state index in [4.69, 9.17) is 4.74 Å². The van der Waals surface area contributed by atoms with Crippen LogP contribution in [0.5, 0.6) is 5.75 Å². The van der Waals surface area contributed by atoms with E-state index < -0.39 is 0 Å². The van der Waals surface area contributed by atoms with Crippen molar-refractivity contribution in [3.05, 3.63) is 46.7 Å². The predicted octanol–water partition coefficient (Wildman–Crippen LogP) is 4.80. The van der Waals surface area contributed by atoms with Crippen LogP contribution < -0.4 is 10.1 Å². The van der Waals surface area contributed by atoms with Gasteiger partial charge in [0.15, 0.2) is 0 Å². The number of aromatic nitrogens is 2. The summed E-state index contributed by atoms with van der Waals surface area (Å²) in [6.45, 7) is 4.77. The number of nitrogens with one attached hydrogen (secondary N) is 1. The molecular weight excluding hydrogens is 380 g/mol. The molecule has 1 N–H and O–H groups in total. The topological polar surface area (TPSA) is 59.4 Å². The van der Waals surface area contributed by atoms with E-state index >= 15 is 0 Å². The number of anilines is 1. The van der Waals surface area contributed by atoms with Crippen LogP contribution in [0.2, 0.25) is 0 Å². The number of aliphatic imine (C=N–C) groups is 1. The lowest BCUT2D eigenvalue weighted by molar-refractivity contribution is 0.418. The zero-order chi connectivity index (χ0) is 18.2. The molecule has 0 bridgehead atoms. The van der Waals surface area contributed by atoms with Crippen molar-refractivity contribution in [3.63, 3.8) is 0 Å². The zero-order valence-electron chi connectivity index (χ0n) is 15.0. The zero-order valence-corrected chi connectivity index (χ0v) is 16.6. The molecule has 0 aliphatic heterocycles. The van der Waals surface area contributed by atoms with Crippen LogP contribution in [0.4, 0.5) is 5.82 Å². The number of methoxy groups -OCH3 is 1. The molecule has 0 aliphatic rings. The number of hydrogen-bond donors (Lipinski definition) is 1. The second-order valence-electron chi connectivity index (χ2n) is 5.47. The smallest absolute Gasteiger partial charge is 0.146 e. The SMILES string of the molecule is CC/C=C(/C=C\C(C)=NC)CNc1ncnc2c(OC)cc(Br)cc12. The number of hydrogen-bond acceptors (Lipinski definition) is 5. The summed E-state index contributed by atoms with van der Waals surface area (Å²) in [7, 11) is 3.43. The number of benzene rings is 1. The molecule has 132 valence electrons. The van der Waals surface area contributed by atoms with Gasteiger partial charge in [-0.3, -0.25) is 4.99 Å². The molecule has 2 aromatic rings. The van der Waals surface area contributed by atoms with E-state index in [-0.39, 0.29) is 0 Å². The molecule has 25 heavy (non-hydrogen) atoms. The highest BCUT2D eigenvalue weighted by molar-refractivity contribution is 9.10. The number of rotatable bonds is 7. The first-order valence-corrected chi connectivity index (χ1v) is 8.91. The van der Waals surface area contributed by atoms with Crippen molar-refractivity contribution in [2.75, 3.05) is 26.0 Å². The lowest BCUT2D eigenvalue weighted by atomic mass is 10.1. The molecule has 5 nitrogen and oxygen atoms in total.